The van der Waals surface area contributed by atoms with E-state index in [1.165, 1.54) is 24.3 Å². The van der Waals surface area contributed by atoms with Gasteiger partial charge in [0.15, 0.2) is 5.75 Å². The van der Waals surface area contributed by atoms with Crippen LogP contribution in [0.2, 0.25) is 0 Å². The molecule has 2 aliphatic heterocycles. The molecule has 0 unspecified atom stereocenters. The summed E-state index contributed by atoms with van der Waals surface area (Å²) in [6.45, 7) is 3.00. The van der Waals surface area contributed by atoms with Gasteiger partial charge in [-0.05, 0) is 55.5 Å². The lowest BCUT2D eigenvalue weighted by molar-refractivity contribution is -0.137. The second kappa shape index (κ2) is 8.72. The van der Waals surface area contributed by atoms with Crippen LogP contribution in [0.4, 0.5) is 23.2 Å². The van der Waals surface area contributed by atoms with Crippen LogP contribution in [-0.4, -0.2) is 47.2 Å². The highest BCUT2D eigenvalue weighted by Crippen LogP contribution is 2.41. The molecule has 0 saturated carbocycles. The number of para-hydroxylation sites is 1. The molecule has 35 heavy (non-hydrogen) atoms. The SMILES string of the molecule is C[C@@H]1CN(C2=Nc3cc(C(F)(F)F)ccc3Oc3ccccc32)CCN1C(=O)c1cccc(F)c1. The van der Waals surface area contributed by atoms with E-state index in [0.29, 0.717) is 36.8 Å². The van der Waals surface area contributed by atoms with Crippen molar-refractivity contribution in [3.63, 3.8) is 0 Å². The van der Waals surface area contributed by atoms with Crippen molar-refractivity contribution in [3.05, 3.63) is 89.2 Å². The fraction of sp³-hybridized carbons (Fsp3) is 0.231. The van der Waals surface area contributed by atoms with Crippen molar-refractivity contribution in [2.75, 3.05) is 19.6 Å². The van der Waals surface area contributed by atoms with Crippen LogP contribution >= 0.6 is 0 Å². The van der Waals surface area contributed by atoms with Gasteiger partial charge >= 0.3 is 6.18 Å². The number of benzene rings is 3. The first-order valence-electron chi connectivity index (χ1n) is 11.1. The van der Waals surface area contributed by atoms with Gasteiger partial charge in [-0.3, -0.25) is 4.79 Å². The van der Waals surface area contributed by atoms with Crippen LogP contribution in [0.25, 0.3) is 0 Å². The summed E-state index contributed by atoms with van der Waals surface area (Å²) in [6.07, 6.45) is -4.51. The van der Waals surface area contributed by atoms with Crippen LogP contribution in [0.3, 0.4) is 0 Å². The third-order valence-electron chi connectivity index (χ3n) is 6.12. The Balaban J connectivity index is 1.48. The number of hydrogen-bond donors (Lipinski definition) is 0. The molecule has 0 N–H and O–H groups in total. The summed E-state index contributed by atoms with van der Waals surface area (Å²) < 4.78 is 59.6. The van der Waals surface area contributed by atoms with Crippen LogP contribution in [0, 0.1) is 5.82 Å². The minimum atomic E-state index is -4.51. The number of nitrogens with zero attached hydrogens (tertiary/aromatic N) is 3. The van der Waals surface area contributed by atoms with Crippen LogP contribution in [0.1, 0.15) is 28.4 Å². The lowest BCUT2D eigenvalue weighted by Gasteiger charge is -2.41. The van der Waals surface area contributed by atoms with Crippen LogP contribution in [0.15, 0.2) is 71.7 Å². The number of piperazine rings is 1. The molecule has 0 radical (unpaired) electrons. The van der Waals surface area contributed by atoms with Gasteiger partial charge in [0.25, 0.3) is 5.91 Å². The zero-order valence-corrected chi connectivity index (χ0v) is 18.7. The van der Waals surface area contributed by atoms with Gasteiger partial charge in [0.2, 0.25) is 0 Å². The van der Waals surface area contributed by atoms with Gasteiger partial charge in [-0.1, -0.05) is 18.2 Å². The van der Waals surface area contributed by atoms with Gasteiger partial charge in [-0.25, -0.2) is 9.38 Å². The second-order valence-corrected chi connectivity index (χ2v) is 8.52. The number of hydrogen-bond acceptors (Lipinski definition) is 4. The molecule has 5 rings (SSSR count). The fourth-order valence-corrected chi connectivity index (χ4v) is 4.38. The Morgan fingerprint density at radius 3 is 2.54 bits per heavy atom. The summed E-state index contributed by atoms with van der Waals surface area (Å²) in [4.78, 5) is 21.2. The van der Waals surface area contributed by atoms with Crippen molar-refractivity contribution >= 4 is 17.4 Å². The Hall–Kier alpha value is -3.88. The van der Waals surface area contributed by atoms with Crippen LogP contribution in [-0.2, 0) is 6.18 Å². The van der Waals surface area contributed by atoms with Gasteiger partial charge in [0.05, 0.1) is 11.1 Å². The predicted molar refractivity (Wildman–Crippen MR) is 123 cm³/mol. The van der Waals surface area contributed by atoms with Crippen molar-refractivity contribution in [2.45, 2.75) is 19.1 Å². The molecule has 0 aromatic heterocycles. The molecule has 0 bridgehead atoms. The molecule has 3 aromatic carbocycles. The second-order valence-electron chi connectivity index (χ2n) is 8.52. The molecule has 1 atom stereocenters. The van der Waals surface area contributed by atoms with E-state index >= 15 is 0 Å². The molecule has 1 fully saturated rings. The number of rotatable bonds is 1. The average molecular weight is 483 g/mol. The number of alkyl halides is 3. The monoisotopic (exact) mass is 483 g/mol. The first kappa shape index (κ1) is 22.9. The standard InChI is InChI=1S/C26H21F4N3O2/c1-16-15-32(11-12-33(16)25(34)17-5-4-6-19(27)13-17)24-20-7-2-3-8-22(20)35-23-10-9-18(26(28,29)30)14-21(23)31-24/h2-10,13-14,16H,11-12,15H2,1H3/t16-/m1/s1. The van der Waals surface area contributed by atoms with Crippen molar-refractivity contribution in [1.82, 2.24) is 9.80 Å². The molecule has 3 aromatic rings. The number of carbonyl (C=O) groups is 1. The van der Waals surface area contributed by atoms with Gasteiger partial charge in [-0.15, -0.1) is 0 Å². The maximum absolute atomic E-state index is 13.6. The number of fused-ring (bicyclic) bond motifs is 2. The summed E-state index contributed by atoms with van der Waals surface area (Å²) in [5, 5.41) is 0. The van der Waals surface area contributed by atoms with E-state index in [4.69, 9.17) is 4.74 Å². The number of amides is 1. The van der Waals surface area contributed by atoms with E-state index in [0.717, 1.165) is 12.1 Å². The van der Waals surface area contributed by atoms with Gasteiger partial charge in [0.1, 0.15) is 23.1 Å². The lowest BCUT2D eigenvalue weighted by atomic mass is 10.1. The van der Waals surface area contributed by atoms with E-state index in [-0.39, 0.29) is 28.9 Å². The first-order valence-corrected chi connectivity index (χ1v) is 11.1. The third-order valence-corrected chi connectivity index (χ3v) is 6.12. The number of carbonyl (C=O) groups excluding carboxylic acids is 1. The predicted octanol–water partition coefficient (Wildman–Crippen LogP) is 5.88. The molecule has 1 saturated heterocycles. The zero-order valence-electron chi connectivity index (χ0n) is 18.7. The molecule has 0 spiro atoms. The Kier molecular flexibility index (Phi) is 5.70. The van der Waals surface area contributed by atoms with Crippen LogP contribution < -0.4 is 4.74 Å². The molecule has 0 aliphatic carbocycles. The maximum atomic E-state index is 13.6. The van der Waals surface area contributed by atoms with Crippen molar-refractivity contribution < 1.29 is 27.1 Å². The highest BCUT2D eigenvalue weighted by molar-refractivity contribution is 6.04. The highest BCUT2D eigenvalue weighted by Gasteiger charge is 2.34. The summed E-state index contributed by atoms with van der Waals surface area (Å²) in [5.41, 5.74) is 0.184. The van der Waals surface area contributed by atoms with E-state index < -0.39 is 17.6 Å². The van der Waals surface area contributed by atoms with Crippen molar-refractivity contribution in [2.24, 2.45) is 4.99 Å². The quantitative estimate of drug-likeness (QED) is 0.407. The van der Waals surface area contributed by atoms with Gasteiger partial charge < -0.3 is 14.5 Å². The van der Waals surface area contributed by atoms with Crippen LogP contribution in [0.5, 0.6) is 11.5 Å². The molecule has 180 valence electrons. The Bertz CT molecular complexity index is 1320. The molecular weight excluding hydrogens is 462 g/mol. The van der Waals surface area contributed by atoms with Gasteiger partial charge in [0, 0.05) is 31.2 Å². The van der Waals surface area contributed by atoms with E-state index in [1.807, 2.05) is 17.9 Å². The molecule has 2 heterocycles. The molecular formula is C26H21F4N3O2. The average Bonchev–Trinajstić information content (AvgIpc) is 2.99. The number of ether oxygens (including phenoxy) is 1. The summed E-state index contributed by atoms with van der Waals surface area (Å²) in [5.74, 6) is 0.430. The Labute approximate surface area is 199 Å². The molecule has 2 aliphatic rings. The molecule has 1 amide bonds. The normalized spacial score (nSPS) is 17.6. The summed E-state index contributed by atoms with van der Waals surface area (Å²) >= 11 is 0. The summed E-state index contributed by atoms with van der Waals surface area (Å²) in [6, 6.07) is 15.7. The lowest BCUT2D eigenvalue weighted by Crippen LogP contribution is -2.55. The first-order chi connectivity index (χ1) is 16.7. The minimum absolute atomic E-state index is 0.0805. The van der Waals surface area contributed by atoms with Gasteiger partial charge in [-0.2, -0.15) is 13.2 Å². The van der Waals surface area contributed by atoms with Crippen molar-refractivity contribution in [1.29, 1.82) is 0 Å². The Morgan fingerprint density at radius 2 is 1.80 bits per heavy atom. The smallest absolute Gasteiger partial charge is 0.416 e. The Morgan fingerprint density at radius 1 is 1.00 bits per heavy atom. The van der Waals surface area contributed by atoms with E-state index in [2.05, 4.69) is 4.99 Å². The minimum Gasteiger partial charge on any atom is -0.454 e. The third kappa shape index (κ3) is 4.45. The molecule has 5 nitrogen and oxygen atoms in total. The molecule has 9 heteroatoms. The van der Waals surface area contributed by atoms with E-state index in [1.54, 1.807) is 29.2 Å². The maximum Gasteiger partial charge on any atom is 0.416 e. The largest absolute Gasteiger partial charge is 0.454 e. The number of aliphatic imine (C=N–C) groups is 1. The zero-order chi connectivity index (χ0) is 24.7. The topological polar surface area (TPSA) is 45.1 Å². The summed E-state index contributed by atoms with van der Waals surface area (Å²) in [7, 11) is 0. The number of halogens is 4. The fourth-order valence-electron chi connectivity index (χ4n) is 4.38. The van der Waals surface area contributed by atoms with E-state index in [9.17, 15) is 22.4 Å². The van der Waals surface area contributed by atoms with Crippen molar-refractivity contribution in [3.8, 4) is 11.5 Å². The number of amidine groups is 1. The highest BCUT2D eigenvalue weighted by atomic mass is 19.4.